The van der Waals surface area contributed by atoms with E-state index in [9.17, 15) is 22.4 Å². The van der Waals surface area contributed by atoms with E-state index in [0.29, 0.717) is 5.69 Å². The summed E-state index contributed by atoms with van der Waals surface area (Å²) in [6.07, 6.45) is -3.41. The molecule has 0 aliphatic heterocycles. The number of aromatic nitrogens is 2. The summed E-state index contributed by atoms with van der Waals surface area (Å²) in [6.45, 7) is 0. The minimum Gasteiger partial charge on any atom is -0.404 e. The van der Waals surface area contributed by atoms with Crippen LogP contribution in [0.1, 0.15) is 10.5 Å². The average molecular weight is 365 g/mol. The van der Waals surface area contributed by atoms with E-state index in [1.807, 2.05) is 0 Å². The Hall–Kier alpha value is -3.36. The number of para-hydroxylation sites is 2. The summed E-state index contributed by atoms with van der Waals surface area (Å²) >= 11 is 0. The molecule has 1 heterocycles. The van der Waals surface area contributed by atoms with Crippen LogP contribution >= 0.6 is 0 Å². The second-order valence-corrected chi connectivity index (χ2v) is 5.12. The van der Waals surface area contributed by atoms with E-state index >= 15 is 0 Å². The maximum atomic E-state index is 12.9. The Morgan fingerprint density at radius 3 is 2.42 bits per heavy atom. The zero-order valence-electron chi connectivity index (χ0n) is 13.0. The van der Waals surface area contributed by atoms with Crippen molar-refractivity contribution in [3.63, 3.8) is 0 Å². The first kappa shape index (κ1) is 17.5. The summed E-state index contributed by atoms with van der Waals surface area (Å²) in [7, 11) is 0. The predicted molar refractivity (Wildman–Crippen MR) is 84.6 cm³/mol. The number of alkyl halides is 3. The van der Waals surface area contributed by atoms with Gasteiger partial charge in [-0.1, -0.05) is 12.1 Å². The molecule has 3 rings (SSSR count). The number of rotatable bonds is 4. The van der Waals surface area contributed by atoms with Gasteiger partial charge < -0.3 is 10.1 Å². The quantitative estimate of drug-likeness (QED) is 0.707. The van der Waals surface area contributed by atoms with Crippen molar-refractivity contribution < 1.29 is 27.1 Å². The van der Waals surface area contributed by atoms with Gasteiger partial charge in [-0.25, -0.2) is 9.07 Å². The van der Waals surface area contributed by atoms with Gasteiger partial charge in [0.15, 0.2) is 11.4 Å². The number of carbonyl (C=O) groups excluding carboxylic acids is 1. The zero-order valence-corrected chi connectivity index (χ0v) is 13.0. The van der Waals surface area contributed by atoms with Crippen molar-refractivity contribution in [2.75, 3.05) is 5.32 Å². The standard InChI is InChI=1S/C17H11F4N3O2/c18-11-5-7-12(8-6-11)24-10-9-14(23-24)16(25)22-13-3-1-2-4-15(13)26-17(19,20)21/h1-10H,(H,22,25). The SMILES string of the molecule is O=C(Nc1ccccc1OC(F)(F)F)c1ccn(-c2ccc(F)cc2)n1. The number of amides is 1. The van der Waals surface area contributed by atoms with E-state index in [-0.39, 0.29) is 11.4 Å². The Labute approximate surface area is 144 Å². The molecule has 0 spiro atoms. The fourth-order valence-electron chi connectivity index (χ4n) is 2.15. The minimum absolute atomic E-state index is 0.0314. The first-order valence-electron chi connectivity index (χ1n) is 7.29. The third kappa shape index (κ3) is 4.18. The predicted octanol–water partition coefficient (Wildman–Crippen LogP) is 4.16. The van der Waals surface area contributed by atoms with Crippen LogP contribution in [0.5, 0.6) is 5.75 Å². The third-order valence-corrected chi connectivity index (χ3v) is 3.27. The van der Waals surface area contributed by atoms with E-state index in [0.717, 1.165) is 6.07 Å². The molecule has 2 aromatic carbocycles. The largest absolute Gasteiger partial charge is 0.573 e. The fraction of sp³-hybridized carbons (Fsp3) is 0.0588. The molecule has 0 saturated heterocycles. The fourth-order valence-corrected chi connectivity index (χ4v) is 2.15. The van der Waals surface area contributed by atoms with Crippen molar-refractivity contribution in [2.24, 2.45) is 0 Å². The Bertz CT molecular complexity index is 920. The van der Waals surface area contributed by atoms with Gasteiger partial charge in [0.25, 0.3) is 5.91 Å². The van der Waals surface area contributed by atoms with Gasteiger partial charge in [-0.3, -0.25) is 4.79 Å². The van der Waals surface area contributed by atoms with Crippen molar-refractivity contribution in [2.45, 2.75) is 6.36 Å². The van der Waals surface area contributed by atoms with Crippen LogP contribution < -0.4 is 10.1 Å². The second kappa shape index (κ2) is 6.87. The van der Waals surface area contributed by atoms with Gasteiger partial charge in [-0.15, -0.1) is 13.2 Å². The molecule has 0 aliphatic carbocycles. The smallest absolute Gasteiger partial charge is 0.404 e. The highest BCUT2D eigenvalue weighted by Crippen LogP contribution is 2.30. The molecule has 0 unspecified atom stereocenters. The lowest BCUT2D eigenvalue weighted by atomic mass is 10.3. The van der Waals surface area contributed by atoms with Gasteiger partial charge in [-0.2, -0.15) is 5.10 Å². The highest BCUT2D eigenvalue weighted by molar-refractivity contribution is 6.03. The molecule has 134 valence electrons. The van der Waals surface area contributed by atoms with E-state index in [1.54, 1.807) is 0 Å². The normalized spacial score (nSPS) is 11.2. The molecule has 3 aromatic rings. The molecule has 5 nitrogen and oxygen atoms in total. The Morgan fingerprint density at radius 1 is 1.04 bits per heavy atom. The Morgan fingerprint density at radius 2 is 1.73 bits per heavy atom. The molecule has 1 aromatic heterocycles. The lowest BCUT2D eigenvalue weighted by molar-refractivity contribution is -0.274. The molecule has 1 N–H and O–H groups in total. The number of nitrogens with zero attached hydrogens (tertiary/aromatic N) is 2. The summed E-state index contributed by atoms with van der Waals surface area (Å²) in [6, 6.07) is 12.0. The van der Waals surface area contributed by atoms with Crippen LogP contribution in [-0.4, -0.2) is 22.1 Å². The summed E-state index contributed by atoms with van der Waals surface area (Å²) < 4.78 is 55.4. The van der Waals surface area contributed by atoms with Crippen LogP contribution in [0.3, 0.4) is 0 Å². The van der Waals surface area contributed by atoms with Gasteiger partial charge in [0.05, 0.1) is 11.4 Å². The lowest BCUT2D eigenvalue weighted by Crippen LogP contribution is -2.19. The monoisotopic (exact) mass is 365 g/mol. The second-order valence-electron chi connectivity index (χ2n) is 5.12. The molecular weight excluding hydrogens is 354 g/mol. The first-order valence-corrected chi connectivity index (χ1v) is 7.29. The third-order valence-electron chi connectivity index (χ3n) is 3.27. The molecule has 0 aliphatic rings. The minimum atomic E-state index is -4.88. The summed E-state index contributed by atoms with van der Waals surface area (Å²) in [5, 5.41) is 6.35. The molecule has 0 fully saturated rings. The maximum absolute atomic E-state index is 12.9. The number of benzene rings is 2. The number of hydrogen-bond donors (Lipinski definition) is 1. The van der Waals surface area contributed by atoms with Crippen molar-refractivity contribution in [3.05, 3.63) is 72.3 Å². The van der Waals surface area contributed by atoms with Crippen LogP contribution in [0, 0.1) is 5.82 Å². The van der Waals surface area contributed by atoms with Crippen molar-refractivity contribution in [1.82, 2.24) is 9.78 Å². The average Bonchev–Trinajstić information content (AvgIpc) is 3.06. The number of ether oxygens (including phenoxy) is 1. The number of anilines is 1. The van der Waals surface area contributed by atoms with E-state index < -0.39 is 23.8 Å². The lowest BCUT2D eigenvalue weighted by Gasteiger charge is -2.13. The van der Waals surface area contributed by atoms with Gasteiger partial charge >= 0.3 is 6.36 Å². The van der Waals surface area contributed by atoms with Crippen molar-refractivity contribution in [1.29, 1.82) is 0 Å². The number of hydrogen-bond acceptors (Lipinski definition) is 3. The maximum Gasteiger partial charge on any atom is 0.573 e. The first-order chi connectivity index (χ1) is 12.3. The van der Waals surface area contributed by atoms with Gasteiger partial charge in [0.2, 0.25) is 0 Å². The molecule has 0 atom stereocenters. The van der Waals surface area contributed by atoms with Crippen LogP contribution in [0.2, 0.25) is 0 Å². The van der Waals surface area contributed by atoms with Crippen molar-refractivity contribution in [3.8, 4) is 11.4 Å². The van der Waals surface area contributed by atoms with Gasteiger partial charge in [0.1, 0.15) is 5.82 Å². The molecular formula is C17H11F4N3O2. The summed E-state index contributed by atoms with van der Waals surface area (Å²) in [5.74, 6) is -1.67. The molecule has 0 radical (unpaired) electrons. The Balaban J connectivity index is 1.78. The summed E-state index contributed by atoms with van der Waals surface area (Å²) in [4.78, 5) is 12.2. The topological polar surface area (TPSA) is 56.1 Å². The van der Waals surface area contributed by atoms with Crippen LogP contribution in [0.25, 0.3) is 5.69 Å². The molecule has 0 saturated carbocycles. The number of halogens is 4. The number of nitrogens with one attached hydrogen (secondary N) is 1. The molecule has 9 heteroatoms. The Kier molecular flexibility index (Phi) is 4.61. The van der Waals surface area contributed by atoms with Crippen LogP contribution in [-0.2, 0) is 0 Å². The molecule has 26 heavy (non-hydrogen) atoms. The summed E-state index contributed by atoms with van der Waals surface area (Å²) in [5.41, 5.74) is 0.341. The van der Waals surface area contributed by atoms with Gasteiger partial charge in [0, 0.05) is 6.20 Å². The van der Waals surface area contributed by atoms with E-state index in [2.05, 4.69) is 15.2 Å². The van der Waals surface area contributed by atoms with Gasteiger partial charge in [-0.05, 0) is 42.5 Å². The van der Waals surface area contributed by atoms with E-state index in [1.165, 1.54) is 59.4 Å². The number of carbonyl (C=O) groups is 1. The van der Waals surface area contributed by atoms with Crippen molar-refractivity contribution >= 4 is 11.6 Å². The zero-order chi connectivity index (χ0) is 18.7. The van der Waals surface area contributed by atoms with E-state index in [4.69, 9.17) is 0 Å². The highest BCUT2D eigenvalue weighted by atomic mass is 19.4. The molecule has 0 bridgehead atoms. The van der Waals surface area contributed by atoms with Crippen LogP contribution in [0.4, 0.5) is 23.2 Å². The molecule has 1 amide bonds. The van der Waals surface area contributed by atoms with Crippen LogP contribution in [0.15, 0.2) is 60.8 Å². The highest BCUT2D eigenvalue weighted by Gasteiger charge is 2.32.